The van der Waals surface area contributed by atoms with Crippen LogP contribution in [0.25, 0.3) is 0 Å². The van der Waals surface area contributed by atoms with Gasteiger partial charge in [-0.05, 0) is 0 Å². The fourth-order valence-electron chi connectivity index (χ4n) is 1.01. The fraction of sp³-hybridized carbons (Fsp3) is 0.400. The molecule has 13 heavy (non-hydrogen) atoms. The molecule has 0 saturated heterocycles. The van der Waals surface area contributed by atoms with Crippen LogP contribution in [0, 0.1) is 0 Å². The van der Waals surface area contributed by atoms with Crippen LogP contribution in [0.3, 0.4) is 0 Å². The average Bonchev–Trinajstić information content (AvgIpc) is 2.04. The summed E-state index contributed by atoms with van der Waals surface area (Å²) in [4.78, 5) is 0. The molecule has 3 heteroatoms. The van der Waals surface area contributed by atoms with Gasteiger partial charge < -0.3 is 0 Å². The van der Waals surface area contributed by atoms with Crippen LogP contribution in [-0.2, 0) is 0 Å². The zero-order valence-electron chi connectivity index (χ0n) is 8.12. The third-order valence-electron chi connectivity index (χ3n) is 1.95. The molecule has 1 aromatic carbocycles. The van der Waals surface area contributed by atoms with Crippen LogP contribution < -0.4 is 5.30 Å². The molecule has 1 rings (SSSR count). The average molecular weight is 263 g/mol. The molecular weight excluding hydrogens is 249 g/mol. The van der Waals surface area contributed by atoms with Crippen LogP contribution >= 0.6 is 5.82 Å². The Balaban J connectivity index is 3.17. The molecule has 1 aromatic rings. The summed E-state index contributed by atoms with van der Waals surface area (Å²) in [5.41, 5.74) is 0. The maximum absolute atomic E-state index is 14.4. The number of hydrogen-bond acceptors (Lipinski definition) is 0. The maximum atomic E-state index is 14.4. The van der Waals surface area contributed by atoms with Gasteiger partial charge in [0.2, 0.25) is 0 Å². The molecule has 0 aromatic heterocycles. The van der Waals surface area contributed by atoms with Crippen LogP contribution in [0.2, 0.25) is 0 Å². The van der Waals surface area contributed by atoms with Gasteiger partial charge in [0.05, 0.1) is 0 Å². The van der Waals surface area contributed by atoms with E-state index in [2.05, 4.69) is 15.1 Å². The molecule has 0 spiro atoms. The van der Waals surface area contributed by atoms with E-state index >= 15 is 0 Å². The zero-order chi connectivity index (χ0) is 10.1. The second-order valence-electron chi connectivity index (χ2n) is 4.04. The molecule has 0 nitrogen and oxygen atoms in total. The quantitative estimate of drug-likeness (QED) is 0.539. The molecular formula is C10H14FPSe. The summed E-state index contributed by atoms with van der Waals surface area (Å²) < 4.78 is 14.4. The Morgan fingerprint density at radius 1 is 1.15 bits per heavy atom. The summed E-state index contributed by atoms with van der Waals surface area (Å²) in [6.07, 6.45) is 0. The van der Waals surface area contributed by atoms with E-state index in [-0.39, 0.29) is 5.16 Å². The Labute approximate surface area is 86.9 Å². The van der Waals surface area contributed by atoms with Crippen LogP contribution in [-0.4, -0.2) is 20.3 Å². The number of benzene rings is 1. The van der Waals surface area contributed by atoms with E-state index in [0.717, 1.165) is 5.30 Å². The fourth-order valence-corrected chi connectivity index (χ4v) is 3.10. The van der Waals surface area contributed by atoms with Crippen LogP contribution in [0.5, 0.6) is 0 Å². The van der Waals surface area contributed by atoms with E-state index in [1.807, 2.05) is 51.1 Å². The molecule has 1 atom stereocenters. The van der Waals surface area contributed by atoms with E-state index in [9.17, 15) is 4.20 Å². The Hall–Kier alpha value is 0.0995. The Kier molecular flexibility index (Phi) is 3.17. The number of halogens is 1. The van der Waals surface area contributed by atoms with Crippen molar-refractivity contribution in [1.82, 2.24) is 0 Å². The third-order valence-corrected chi connectivity index (χ3v) is 9.41. The summed E-state index contributed by atoms with van der Waals surface area (Å²) in [7, 11) is 0. The van der Waals surface area contributed by atoms with E-state index in [0.29, 0.717) is 0 Å². The second kappa shape index (κ2) is 3.69. The van der Waals surface area contributed by atoms with Gasteiger partial charge in [0, 0.05) is 0 Å². The van der Waals surface area contributed by atoms with Crippen molar-refractivity contribution in [3.63, 3.8) is 0 Å². The van der Waals surface area contributed by atoms with Crippen molar-refractivity contribution in [2.45, 2.75) is 25.9 Å². The van der Waals surface area contributed by atoms with Crippen molar-refractivity contribution >= 4 is 26.2 Å². The molecule has 1 unspecified atom stereocenters. The molecule has 0 amide bonds. The van der Waals surface area contributed by atoms with Gasteiger partial charge in [0.1, 0.15) is 0 Å². The van der Waals surface area contributed by atoms with Gasteiger partial charge in [-0.2, -0.15) is 0 Å². The van der Waals surface area contributed by atoms with Gasteiger partial charge >= 0.3 is 86.7 Å². The van der Waals surface area contributed by atoms with Crippen LogP contribution in [0.4, 0.5) is 4.20 Å². The molecule has 0 N–H and O–H groups in total. The summed E-state index contributed by atoms with van der Waals surface area (Å²) in [6.45, 7) is 5.80. The molecule has 0 aliphatic rings. The predicted octanol–water partition coefficient (Wildman–Crippen LogP) is 3.10. The number of hydrogen-bond donors (Lipinski definition) is 0. The van der Waals surface area contributed by atoms with Crippen LogP contribution in [0.15, 0.2) is 30.3 Å². The van der Waals surface area contributed by atoms with Crippen molar-refractivity contribution in [2.75, 3.05) is 0 Å². The summed E-state index contributed by atoms with van der Waals surface area (Å²) in [5.74, 6) is -2.60. The van der Waals surface area contributed by atoms with Gasteiger partial charge in [-0.15, -0.1) is 0 Å². The van der Waals surface area contributed by atoms with Crippen molar-refractivity contribution in [3.8, 4) is 0 Å². The van der Waals surface area contributed by atoms with E-state index in [4.69, 9.17) is 0 Å². The molecule has 0 saturated carbocycles. The first-order chi connectivity index (χ1) is 5.86. The molecule has 72 valence electrons. The van der Waals surface area contributed by atoms with E-state index in [1.165, 1.54) is 0 Å². The summed E-state index contributed by atoms with van der Waals surface area (Å²) in [6, 6.07) is 9.39. The summed E-state index contributed by atoms with van der Waals surface area (Å²) >= 11 is 2.75. The molecule has 0 heterocycles. The minimum atomic E-state index is -2.60. The summed E-state index contributed by atoms with van der Waals surface area (Å²) in [5, 5.41) is 0.497. The van der Waals surface area contributed by atoms with Crippen LogP contribution in [0.1, 0.15) is 20.8 Å². The van der Waals surface area contributed by atoms with Crippen molar-refractivity contribution < 1.29 is 4.20 Å². The first kappa shape index (κ1) is 11.2. The molecule has 0 aliphatic heterocycles. The first-order valence-corrected chi connectivity index (χ1v) is 8.11. The molecule has 0 fully saturated rings. The van der Waals surface area contributed by atoms with Gasteiger partial charge in [-0.3, -0.25) is 0 Å². The first-order valence-electron chi connectivity index (χ1n) is 4.21. The monoisotopic (exact) mass is 264 g/mol. The van der Waals surface area contributed by atoms with Gasteiger partial charge in [0.15, 0.2) is 0 Å². The Morgan fingerprint density at radius 2 is 1.62 bits per heavy atom. The van der Waals surface area contributed by atoms with Gasteiger partial charge in [0.25, 0.3) is 0 Å². The second-order valence-corrected chi connectivity index (χ2v) is 10.1. The van der Waals surface area contributed by atoms with Gasteiger partial charge in [-0.25, -0.2) is 0 Å². The van der Waals surface area contributed by atoms with Crippen molar-refractivity contribution in [1.29, 1.82) is 0 Å². The molecule has 0 aliphatic carbocycles. The molecule has 0 radical (unpaired) electrons. The molecule has 0 bridgehead atoms. The van der Waals surface area contributed by atoms with E-state index < -0.39 is 5.82 Å². The number of rotatable bonds is 1. The van der Waals surface area contributed by atoms with E-state index in [1.54, 1.807) is 0 Å². The minimum absolute atomic E-state index is 0.311. The SMILES string of the molecule is CC(C)(C)P(F)(=[Se])c1ccccc1. The standard InChI is InChI=1S/C10H14FPSe/c1-10(2,3)12(11,13)9-7-5-4-6-8-9/h4-8H,1-3H3. The van der Waals surface area contributed by atoms with Gasteiger partial charge in [-0.1, -0.05) is 0 Å². The van der Waals surface area contributed by atoms with Crippen molar-refractivity contribution in [3.05, 3.63) is 30.3 Å². The third kappa shape index (κ3) is 2.31. The zero-order valence-corrected chi connectivity index (χ0v) is 10.7. The van der Waals surface area contributed by atoms with Crippen molar-refractivity contribution in [2.24, 2.45) is 0 Å². The normalized spacial score (nSPS) is 16.6. The Morgan fingerprint density at radius 3 is 2.00 bits per heavy atom. The Bertz CT molecular complexity index is 327. The predicted molar refractivity (Wildman–Crippen MR) is 59.6 cm³/mol. The topological polar surface area (TPSA) is 0 Å².